The molecule has 17 heteroatoms. The Balaban J connectivity index is 3.15. The van der Waals surface area contributed by atoms with E-state index in [0.29, 0.717) is 6.92 Å². The lowest BCUT2D eigenvalue weighted by molar-refractivity contribution is -0.584. The van der Waals surface area contributed by atoms with Gasteiger partial charge in [-0.2, -0.15) is 57.1 Å². The molecule has 0 spiro atoms. The summed E-state index contributed by atoms with van der Waals surface area (Å²) in [6.45, 7) is 3.14. The van der Waals surface area contributed by atoms with Gasteiger partial charge in [0.1, 0.15) is 0 Å². The molecule has 1 aliphatic heterocycles. The van der Waals surface area contributed by atoms with Crippen molar-refractivity contribution in [2.45, 2.75) is 86.4 Å². The molecule has 1 aliphatic carbocycles. The average molecular weight is 544 g/mol. The van der Waals surface area contributed by atoms with Crippen molar-refractivity contribution >= 4 is 5.97 Å². The fraction of sp³-hybridized carbons (Fsp3) is 0.833. The van der Waals surface area contributed by atoms with Crippen LogP contribution in [0.15, 0.2) is 12.2 Å². The lowest BCUT2D eigenvalue weighted by atomic mass is 9.63. The van der Waals surface area contributed by atoms with Crippen LogP contribution in [0, 0.1) is 5.92 Å². The van der Waals surface area contributed by atoms with Gasteiger partial charge in [-0.25, -0.2) is 4.79 Å². The molecule has 0 aromatic heterocycles. The molecule has 2 fully saturated rings. The van der Waals surface area contributed by atoms with Crippen molar-refractivity contribution in [3.05, 3.63) is 12.2 Å². The maximum absolute atomic E-state index is 15.3. The largest absolute Gasteiger partial charge is 0.462 e. The predicted molar refractivity (Wildman–Crippen MR) is 87.0 cm³/mol. The number of rotatable bonds is 3. The molecule has 0 amide bonds. The van der Waals surface area contributed by atoms with Crippen LogP contribution in [-0.4, -0.2) is 58.4 Å². The monoisotopic (exact) mass is 544 g/mol. The Morgan fingerprint density at radius 2 is 1.31 bits per heavy atom. The van der Waals surface area contributed by atoms with Crippen molar-refractivity contribution in [3.8, 4) is 0 Å². The van der Waals surface area contributed by atoms with Gasteiger partial charge in [-0.15, -0.1) is 0 Å². The standard InChI is InChI=1S/C18H17F13O4/c1-8(2)10(32)34-15(18(29,30)31)14(21,22)12(33,17(26,27)28)13(19,20)11(35-15,16(23,24)25)9-6-4-3-5-7-9/h9,33H,1,3-7H2,2H3. The van der Waals surface area contributed by atoms with Gasteiger partial charge in [-0.1, -0.05) is 25.8 Å². The van der Waals surface area contributed by atoms with E-state index >= 15 is 17.6 Å². The van der Waals surface area contributed by atoms with E-state index in [0.717, 1.165) is 0 Å². The maximum atomic E-state index is 15.3. The molecule has 3 unspecified atom stereocenters. The summed E-state index contributed by atoms with van der Waals surface area (Å²) >= 11 is 0. The Morgan fingerprint density at radius 3 is 1.66 bits per heavy atom. The van der Waals surface area contributed by atoms with Crippen LogP contribution in [0.5, 0.6) is 0 Å². The van der Waals surface area contributed by atoms with E-state index in [-0.39, 0.29) is 6.42 Å². The van der Waals surface area contributed by atoms with E-state index in [1.807, 2.05) is 0 Å². The first kappa shape index (κ1) is 29.5. The molecule has 1 saturated heterocycles. The maximum Gasteiger partial charge on any atom is 0.462 e. The number of halogens is 13. The van der Waals surface area contributed by atoms with Gasteiger partial charge in [-0.3, -0.25) is 0 Å². The summed E-state index contributed by atoms with van der Waals surface area (Å²) in [6, 6.07) is 0. The number of aliphatic hydroxyl groups is 1. The molecule has 35 heavy (non-hydrogen) atoms. The highest BCUT2D eigenvalue weighted by atomic mass is 19.4. The van der Waals surface area contributed by atoms with Gasteiger partial charge in [0.25, 0.3) is 5.60 Å². The highest BCUT2D eigenvalue weighted by Gasteiger charge is 3.02. The Kier molecular flexibility index (Phi) is 6.83. The number of hydrogen-bond donors (Lipinski definition) is 1. The van der Waals surface area contributed by atoms with Crippen LogP contribution in [0.2, 0.25) is 0 Å². The number of carbonyl (C=O) groups is 1. The minimum absolute atomic E-state index is 0.0186. The van der Waals surface area contributed by atoms with Crippen LogP contribution in [0.1, 0.15) is 39.0 Å². The van der Waals surface area contributed by atoms with Gasteiger partial charge in [0.05, 0.1) is 0 Å². The molecule has 1 saturated carbocycles. The van der Waals surface area contributed by atoms with E-state index in [9.17, 15) is 49.4 Å². The Hall–Kier alpha value is -1.78. The van der Waals surface area contributed by atoms with Crippen molar-refractivity contribution in [1.82, 2.24) is 0 Å². The van der Waals surface area contributed by atoms with Gasteiger partial charge in [-0.05, 0) is 19.8 Å². The van der Waals surface area contributed by atoms with Crippen molar-refractivity contribution in [2.24, 2.45) is 5.92 Å². The first-order valence-corrected chi connectivity index (χ1v) is 9.66. The zero-order valence-corrected chi connectivity index (χ0v) is 17.4. The summed E-state index contributed by atoms with van der Waals surface area (Å²) in [5, 5.41) is 9.72. The summed E-state index contributed by atoms with van der Waals surface area (Å²) in [7, 11) is 0. The van der Waals surface area contributed by atoms with Crippen LogP contribution >= 0.6 is 0 Å². The van der Waals surface area contributed by atoms with E-state index in [1.54, 1.807) is 0 Å². The average Bonchev–Trinajstić information content (AvgIpc) is 2.66. The second kappa shape index (κ2) is 8.11. The van der Waals surface area contributed by atoms with Crippen LogP contribution in [0.4, 0.5) is 57.1 Å². The lowest BCUT2D eigenvalue weighted by Gasteiger charge is -2.61. The normalized spacial score (nSPS) is 34.4. The molecule has 0 aromatic rings. The van der Waals surface area contributed by atoms with Crippen molar-refractivity contribution in [3.63, 3.8) is 0 Å². The molecule has 3 atom stereocenters. The third-order valence-corrected chi connectivity index (χ3v) is 6.06. The molecule has 2 aliphatic rings. The van der Waals surface area contributed by atoms with Gasteiger partial charge in [0.2, 0.25) is 5.60 Å². The quantitative estimate of drug-likeness (QED) is 0.276. The molecule has 0 radical (unpaired) electrons. The van der Waals surface area contributed by atoms with Crippen LogP contribution < -0.4 is 0 Å². The predicted octanol–water partition coefficient (Wildman–Crippen LogP) is 5.84. The van der Waals surface area contributed by atoms with Crippen molar-refractivity contribution < 1.29 is 76.5 Å². The molecule has 4 nitrogen and oxygen atoms in total. The highest BCUT2D eigenvalue weighted by Crippen LogP contribution is 2.71. The summed E-state index contributed by atoms with van der Waals surface area (Å²) in [5.74, 6) is -26.9. The number of hydrogen-bond acceptors (Lipinski definition) is 4. The molecule has 0 aromatic carbocycles. The Morgan fingerprint density at radius 1 is 0.857 bits per heavy atom. The minimum atomic E-state index is -7.54. The second-order valence-corrected chi connectivity index (χ2v) is 8.31. The minimum Gasteiger partial charge on any atom is -0.414 e. The number of esters is 1. The topological polar surface area (TPSA) is 55.8 Å². The Bertz CT molecular complexity index is 856. The molecule has 1 N–H and O–H groups in total. The first-order valence-electron chi connectivity index (χ1n) is 9.66. The molecule has 0 bridgehead atoms. The smallest absolute Gasteiger partial charge is 0.414 e. The van der Waals surface area contributed by atoms with Gasteiger partial charge >= 0.3 is 42.1 Å². The van der Waals surface area contributed by atoms with E-state index < -0.39 is 90.5 Å². The van der Waals surface area contributed by atoms with Crippen LogP contribution in [0.3, 0.4) is 0 Å². The SMILES string of the molecule is C=C(C)C(=O)OC1(C(F)(F)F)OC(C2CCCCC2)(C(F)(F)F)C(F)(F)C(O)(C(F)(F)F)C1(F)F. The van der Waals surface area contributed by atoms with Gasteiger partial charge in [0.15, 0.2) is 0 Å². The van der Waals surface area contributed by atoms with Gasteiger partial charge < -0.3 is 14.6 Å². The van der Waals surface area contributed by atoms with E-state index in [1.165, 1.54) is 0 Å². The summed E-state index contributed by atoms with van der Waals surface area (Å²) in [4.78, 5) is 11.7. The number of alkyl halides is 13. The number of carbonyl (C=O) groups excluding carboxylic acids is 1. The third-order valence-electron chi connectivity index (χ3n) is 6.06. The molecular formula is C18H17F13O4. The van der Waals surface area contributed by atoms with Crippen LogP contribution in [0.25, 0.3) is 0 Å². The lowest BCUT2D eigenvalue weighted by Crippen LogP contribution is -2.91. The molecule has 2 rings (SSSR count). The molecular weight excluding hydrogens is 527 g/mol. The fourth-order valence-electron chi connectivity index (χ4n) is 4.33. The number of ether oxygens (including phenoxy) is 2. The summed E-state index contributed by atoms with van der Waals surface area (Å²) in [5.41, 5.74) is -14.6. The van der Waals surface area contributed by atoms with Crippen molar-refractivity contribution in [2.75, 3.05) is 0 Å². The third kappa shape index (κ3) is 3.62. The zero-order valence-electron chi connectivity index (χ0n) is 17.4. The van der Waals surface area contributed by atoms with E-state index in [4.69, 9.17) is 0 Å². The zero-order chi connectivity index (χ0) is 27.7. The summed E-state index contributed by atoms with van der Waals surface area (Å²) < 4.78 is 193. The Labute approximate surface area is 188 Å². The molecule has 1 heterocycles. The second-order valence-electron chi connectivity index (χ2n) is 8.31. The van der Waals surface area contributed by atoms with E-state index in [2.05, 4.69) is 16.1 Å². The van der Waals surface area contributed by atoms with Crippen LogP contribution in [-0.2, 0) is 14.3 Å². The molecule has 204 valence electrons. The highest BCUT2D eigenvalue weighted by molar-refractivity contribution is 5.87. The first-order chi connectivity index (χ1) is 15.4. The fourth-order valence-corrected chi connectivity index (χ4v) is 4.33. The summed E-state index contributed by atoms with van der Waals surface area (Å²) in [6.07, 6.45) is -24.8. The van der Waals surface area contributed by atoms with Gasteiger partial charge in [0, 0.05) is 11.5 Å². The van der Waals surface area contributed by atoms with Crippen molar-refractivity contribution in [1.29, 1.82) is 0 Å².